The van der Waals surface area contributed by atoms with Crippen LogP contribution in [0, 0.1) is 0 Å². The third kappa shape index (κ3) is 8.40. The van der Waals surface area contributed by atoms with E-state index in [0.717, 1.165) is 29.2 Å². The van der Waals surface area contributed by atoms with Crippen LogP contribution >= 0.6 is 0 Å². The molecule has 2 aromatic rings. The van der Waals surface area contributed by atoms with E-state index in [4.69, 9.17) is 14.2 Å². The fourth-order valence-electron chi connectivity index (χ4n) is 2.54. The Morgan fingerprint density at radius 3 is 2.50 bits per heavy atom. The summed E-state index contributed by atoms with van der Waals surface area (Å²) in [5, 5.41) is 9.02. The lowest BCUT2D eigenvalue weighted by Gasteiger charge is -2.13. The second kappa shape index (κ2) is 13.1. The van der Waals surface area contributed by atoms with E-state index < -0.39 is 0 Å². The molecular formula is C22H30N4O4. The van der Waals surface area contributed by atoms with E-state index in [-0.39, 0.29) is 12.5 Å². The molecule has 0 aromatic heterocycles. The lowest BCUT2D eigenvalue weighted by Crippen LogP contribution is -2.39. The quantitative estimate of drug-likeness (QED) is 0.297. The smallest absolute Gasteiger partial charge is 0.239 e. The minimum Gasteiger partial charge on any atom is -0.497 e. The Hall–Kier alpha value is -3.26. The van der Waals surface area contributed by atoms with E-state index in [1.165, 1.54) is 0 Å². The van der Waals surface area contributed by atoms with Crippen LogP contribution in [-0.4, -0.2) is 52.9 Å². The number of hydrogen-bond acceptors (Lipinski definition) is 5. The molecule has 0 heterocycles. The van der Waals surface area contributed by atoms with Crippen LogP contribution in [0.4, 0.5) is 5.69 Å². The number of carbonyl (C=O) groups is 1. The SMILES string of the molecule is CN=C(NCC(=O)NCc1ccc(OC)cc1)Nc1cccc(OCCCOC)c1. The number of amides is 1. The van der Waals surface area contributed by atoms with E-state index >= 15 is 0 Å². The molecule has 2 rings (SSSR count). The van der Waals surface area contributed by atoms with Gasteiger partial charge in [-0.25, -0.2) is 0 Å². The summed E-state index contributed by atoms with van der Waals surface area (Å²) in [6, 6.07) is 15.1. The Kier molecular flexibility index (Phi) is 10.0. The second-order valence-corrected chi connectivity index (χ2v) is 6.40. The lowest BCUT2D eigenvalue weighted by atomic mass is 10.2. The lowest BCUT2D eigenvalue weighted by molar-refractivity contribution is -0.120. The van der Waals surface area contributed by atoms with Gasteiger partial charge in [-0.3, -0.25) is 9.79 Å². The van der Waals surface area contributed by atoms with Crippen molar-refractivity contribution in [3.63, 3.8) is 0 Å². The first-order chi connectivity index (χ1) is 14.6. The van der Waals surface area contributed by atoms with Crippen molar-refractivity contribution in [2.45, 2.75) is 13.0 Å². The Bertz CT molecular complexity index is 809. The van der Waals surface area contributed by atoms with Crippen LogP contribution in [0.25, 0.3) is 0 Å². The first kappa shape index (κ1) is 23.0. The molecule has 3 N–H and O–H groups in total. The number of nitrogens with one attached hydrogen (secondary N) is 3. The van der Waals surface area contributed by atoms with Crippen molar-refractivity contribution in [1.29, 1.82) is 0 Å². The molecule has 8 nitrogen and oxygen atoms in total. The molecule has 0 spiro atoms. The Morgan fingerprint density at radius 1 is 1.00 bits per heavy atom. The van der Waals surface area contributed by atoms with Gasteiger partial charge in [0, 0.05) is 45.5 Å². The molecule has 0 aliphatic carbocycles. The van der Waals surface area contributed by atoms with Crippen molar-refractivity contribution in [3.05, 3.63) is 54.1 Å². The number of anilines is 1. The maximum absolute atomic E-state index is 12.1. The van der Waals surface area contributed by atoms with Gasteiger partial charge < -0.3 is 30.2 Å². The van der Waals surface area contributed by atoms with E-state index in [1.807, 2.05) is 48.5 Å². The van der Waals surface area contributed by atoms with Crippen LogP contribution in [0.5, 0.6) is 11.5 Å². The minimum absolute atomic E-state index is 0.100. The zero-order valence-electron chi connectivity index (χ0n) is 17.7. The Balaban J connectivity index is 1.76. The molecule has 0 aliphatic rings. The van der Waals surface area contributed by atoms with Gasteiger partial charge in [-0.15, -0.1) is 0 Å². The molecular weight excluding hydrogens is 384 g/mol. The van der Waals surface area contributed by atoms with E-state index in [1.54, 1.807) is 21.3 Å². The second-order valence-electron chi connectivity index (χ2n) is 6.40. The standard InChI is InChI=1S/C22H30N4O4/c1-23-22(26-18-6-4-7-20(14-18)30-13-5-12-28-2)25-16-21(27)24-15-17-8-10-19(29-3)11-9-17/h4,6-11,14H,5,12-13,15-16H2,1-3H3,(H,24,27)(H2,23,25,26). The summed E-state index contributed by atoms with van der Waals surface area (Å²) in [5.41, 5.74) is 1.81. The maximum atomic E-state index is 12.1. The maximum Gasteiger partial charge on any atom is 0.239 e. The number of hydrogen-bond donors (Lipinski definition) is 3. The average molecular weight is 415 g/mol. The van der Waals surface area contributed by atoms with Gasteiger partial charge in [-0.05, 0) is 29.8 Å². The number of nitrogens with zero attached hydrogens (tertiary/aromatic N) is 1. The summed E-state index contributed by atoms with van der Waals surface area (Å²) >= 11 is 0. The van der Waals surface area contributed by atoms with Crippen molar-refractivity contribution in [3.8, 4) is 11.5 Å². The predicted molar refractivity (Wildman–Crippen MR) is 118 cm³/mol. The van der Waals surface area contributed by atoms with Gasteiger partial charge in [-0.2, -0.15) is 0 Å². The van der Waals surface area contributed by atoms with Crippen LogP contribution < -0.4 is 25.4 Å². The highest BCUT2D eigenvalue weighted by Crippen LogP contribution is 2.17. The zero-order chi connectivity index (χ0) is 21.6. The first-order valence-electron chi connectivity index (χ1n) is 9.73. The van der Waals surface area contributed by atoms with Gasteiger partial charge in [0.15, 0.2) is 5.96 Å². The van der Waals surface area contributed by atoms with E-state index in [9.17, 15) is 4.79 Å². The number of carbonyl (C=O) groups excluding carboxylic acids is 1. The van der Waals surface area contributed by atoms with Crippen LogP contribution in [0.15, 0.2) is 53.5 Å². The molecule has 162 valence electrons. The van der Waals surface area contributed by atoms with Crippen LogP contribution in [0.2, 0.25) is 0 Å². The molecule has 0 atom stereocenters. The van der Waals surface area contributed by atoms with Crippen LogP contribution in [0.1, 0.15) is 12.0 Å². The fourth-order valence-corrected chi connectivity index (χ4v) is 2.54. The zero-order valence-corrected chi connectivity index (χ0v) is 17.7. The third-order valence-electron chi connectivity index (χ3n) is 4.15. The highest BCUT2D eigenvalue weighted by atomic mass is 16.5. The highest BCUT2D eigenvalue weighted by Gasteiger charge is 2.05. The summed E-state index contributed by atoms with van der Waals surface area (Å²) in [4.78, 5) is 16.3. The summed E-state index contributed by atoms with van der Waals surface area (Å²) < 4.78 is 15.8. The number of ether oxygens (including phenoxy) is 3. The van der Waals surface area contributed by atoms with Gasteiger partial charge in [0.05, 0.1) is 20.3 Å². The summed E-state index contributed by atoms with van der Waals surface area (Å²) in [5.74, 6) is 1.89. The monoisotopic (exact) mass is 414 g/mol. The number of rotatable bonds is 11. The molecule has 1 amide bonds. The molecule has 0 aliphatic heterocycles. The molecule has 0 saturated carbocycles. The minimum atomic E-state index is -0.135. The Morgan fingerprint density at radius 2 is 1.80 bits per heavy atom. The molecule has 0 bridgehead atoms. The molecule has 0 saturated heterocycles. The van der Waals surface area contributed by atoms with Crippen molar-refractivity contribution < 1.29 is 19.0 Å². The molecule has 2 aromatic carbocycles. The van der Waals surface area contributed by atoms with Gasteiger partial charge in [-0.1, -0.05) is 18.2 Å². The molecule has 8 heteroatoms. The summed E-state index contributed by atoms with van der Waals surface area (Å²) in [7, 11) is 4.94. The third-order valence-corrected chi connectivity index (χ3v) is 4.15. The number of guanidine groups is 1. The molecule has 0 radical (unpaired) electrons. The number of methoxy groups -OCH3 is 2. The molecule has 0 unspecified atom stereocenters. The van der Waals surface area contributed by atoms with E-state index in [0.29, 0.717) is 25.7 Å². The molecule has 0 fully saturated rings. The fraction of sp³-hybridized carbons (Fsp3) is 0.364. The van der Waals surface area contributed by atoms with Gasteiger partial charge in [0.1, 0.15) is 11.5 Å². The number of aliphatic imine (C=N–C) groups is 1. The van der Waals surface area contributed by atoms with Gasteiger partial charge >= 0.3 is 0 Å². The van der Waals surface area contributed by atoms with Crippen molar-refractivity contribution in [2.24, 2.45) is 4.99 Å². The largest absolute Gasteiger partial charge is 0.497 e. The van der Waals surface area contributed by atoms with Crippen LogP contribution in [-0.2, 0) is 16.1 Å². The summed E-state index contributed by atoms with van der Waals surface area (Å²) in [6.07, 6.45) is 0.822. The van der Waals surface area contributed by atoms with Crippen molar-refractivity contribution in [1.82, 2.24) is 10.6 Å². The normalized spacial score (nSPS) is 11.0. The average Bonchev–Trinajstić information content (AvgIpc) is 2.78. The topological polar surface area (TPSA) is 93.2 Å². The molecule has 30 heavy (non-hydrogen) atoms. The highest BCUT2D eigenvalue weighted by molar-refractivity contribution is 5.95. The van der Waals surface area contributed by atoms with Crippen molar-refractivity contribution in [2.75, 3.05) is 46.3 Å². The Labute approximate surface area is 177 Å². The summed E-state index contributed by atoms with van der Waals surface area (Å²) in [6.45, 7) is 1.79. The predicted octanol–water partition coefficient (Wildman–Crippen LogP) is 2.41. The van der Waals surface area contributed by atoms with Gasteiger partial charge in [0.25, 0.3) is 0 Å². The van der Waals surface area contributed by atoms with Crippen LogP contribution in [0.3, 0.4) is 0 Å². The van der Waals surface area contributed by atoms with Crippen molar-refractivity contribution >= 4 is 17.6 Å². The van der Waals surface area contributed by atoms with Gasteiger partial charge in [0.2, 0.25) is 5.91 Å². The van der Waals surface area contributed by atoms with E-state index in [2.05, 4.69) is 20.9 Å². The number of benzene rings is 2. The first-order valence-corrected chi connectivity index (χ1v) is 9.73.